The lowest BCUT2D eigenvalue weighted by Gasteiger charge is -2.40. The molecule has 1 aliphatic rings. The topological polar surface area (TPSA) is 115 Å². The van der Waals surface area contributed by atoms with Crippen molar-refractivity contribution in [2.24, 2.45) is 0 Å². The fourth-order valence-corrected chi connectivity index (χ4v) is 6.01. The van der Waals surface area contributed by atoms with Crippen LogP contribution in [0, 0.1) is 6.92 Å². The molecule has 0 bridgehead atoms. The summed E-state index contributed by atoms with van der Waals surface area (Å²) in [6.07, 6.45) is 5.15. The first-order valence-electron chi connectivity index (χ1n) is 17.1. The predicted octanol–water partition coefficient (Wildman–Crippen LogP) is 8.44. The van der Waals surface area contributed by atoms with E-state index in [1.807, 2.05) is 72.7 Å². The van der Waals surface area contributed by atoms with Crippen LogP contribution in [-0.4, -0.2) is 78.8 Å². The molecule has 4 rings (SSSR count). The van der Waals surface area contributed by atoms with E-state index in [-0.39, 0.29) is 6.54 Å². The number of allylic oxidation sites excluding steroid dienone is 1. The van der Waals surface area contributed by atoms with Crippen molar-refractivity contribution in [3.8, 4) is 17.2 Å². The van der Waals surface area contributed by atoms with Gasteiger partial charge < -0.3 is 33.3 Å². The number of ether oxygens (including phenoxy) is 6. The molecule has 1 aliphatic heterocycles. The molecular formula is C39H52N2O9. The largest absolute Gasteiger partial charge is 0.493 e. The second-order valence-electron chi connectivity index (χ2n) is 14.5. The third kappa shape index (κ3) is 9.31. The summed E-state index contributed by atoms with van der Waals surface area (Å²) in [7, 11) is 2.91. The molecule has 1 amide bonds. The summed E-state index contributed by atoms with van der Waals surface area (Å²) in [5, 5.41) is 0.681. The smallest absolute Gasteiger partial charge is 0.419 e. The van der Waals surface area contributed by atoms with E-state index in [2.05, 4.69) is 6.58 Å². The summed E-state index contributed by atoms with van der Waals surface area (Å²) >= 11 is 0. The molecule has 2 aromatic carbocycles. The summed E-state index contributed by atoms with van der Waals surface area (Å²) < 4.78 is 37.0. The van der Waals surface area contributed by atoms with Crippen LogP contribution in [0.25, 0.3) is 10.9 Å². The van der Waals surface area contributed by atoms with Crippen LogP contribution in [-0.2, 0) is 14.2 Å². The van der Waals surface area contributed by atoms with Crippen LogP contribution in [0.1, 0.15) is 94.6 Å². The Morgan fingerprint density at radius 1 is 0.940 bits per heavy atom. The third-order valence-electron chi connectivity index (χ3n) is 8.25. The molecule has 2 atom stereocenters. The Kier molecular flexibility index (Phi) is 12.1. The molecule has 1 aromatic heterocycles. The molecule has 0 saturated carbocycles. The summed E-state index contributed by atoms with van der Waals surface area (Å²) in [4.78, 5) is 40.8. The van der Waals surface area contributed by atoms with Crippen molar-refractivity contribution < 1.29 is 42.8 Å². The van der Waals surface area contributed by atoms with Crippen LogP contribution in [0.4, 0.5) is 9.59 Å². The highest BCUT2D eigenvalue weighted by Gasteiger charge is 2.38. The van der Waals surface area contributed by atoms with Gasteiger partial charge in [0, 0.05) is 42.6 Å². The number of amides is 1. The van der Waals surface area contributed by atoms with Crippen LogP contribution in [0.2, 0.25) is 0 Å². The number of aromatic nitrogens is 1. The minimum atomic E-state index is -0.683. The summed E-state index contributed by atoms with van der Waals surface area (Å²) in [6.45, 7) is 17.7. The molecular weight excluding hydrogens is 640 g/mol. The van der Waals surface area contributed by atoms with Crippen molar-refractivity contribution in [3.63, 3.8) is 0 Å². The zero-order valence-electron chi connectivity index (χ0n) is 30.9. The van der Waals surface area contributed by atoms with E-state index >= 15 is 0 Å². The molecule has 272 valence electrons. The lowest BCUT2D eigenvalue weighted by Crippen LogP contribution is -2.48. The lowest BCUT2D eigenvalue weighted by molar-refractivity contribution is 0.00732. The second kappa shape index (κ2) is 15.9. The van der Waals surface area contributed by atoms with Gasteiger partial charge in [0.2, 0.25) is 0 Å². The van der Waals surface area contributed by atoms with Crippen molar-refractivity contribution in [3.05, 3.63) is 65.9 Å². The van der Waals surface area contributed by atoms with Gasteiger partial charge >= 0.3 is 18.2 Å². The number of methoxy groups -OCH3 is 2. The predicted molar refractivity (Wildman–Crippen MR) is 192 cm³/mol. The number of unbranched alkanes of at least 4 members (excludes halogenated alkanes) is 2. The van der Waals surface area contributed by atoms with Gasteiger partial charge in [-0.3, -0.25) is 4.57 Å². The first-order valence-corrected chi connectivity index (χ1v) is 17.1. The van der Waals surface area contributed by atoms with Crippen LogP contribution in [0.5, 0.6) is 17.2 Å². The third-order valence-corrected chi connectivity index (χ3v) is 8.25. The first-order chi connectivity index (χ1) is 23.6. The van der Waals surface area contributed by atoms with E-state index in [9.17, 15) is 14.4 Å². The highest BCUT2D eigenvalue weighted by molar-refractivity contribution is 5.97. The summed E-state index contributed by atoms with van der Waals surface area (Å²) in [5.74, 6) is 0.591. The van der Waals surface area contributed by atoms with Crippen LogP contribution in [0.3, 0.4) is 0 Å². The number of piperidine rings is 1. The number of fused-ring (bicyclic) bond motifs is 1. The van der Waals surface area contributed by atoms with Crippen molar-refractivity contribution in [1.82, 2.24) is 9.47 Å². The highest BCUT2D eigenvalue weighted by Crippen LogP contribution is 2.43. The maximum atomic E-state index is 13.4. The number of aryl methyl sites for hydroxylation is 1. The van der Waals surface area contributed by atoms with Crippen molar-refractivity contribution in [1.29, 1.82) is 0 Å². The first kappa shape index (κ1) is 38.1. The van der Waals surface area contributed by atoms with Crippen LogP contribution >= 0.6 is 0 Å². The number of benzene rings is 2. The fraction of sp³-hybridized carbons (Fsp3) is 0.513. The van der Waals surface area contributed by atoms with Gasteiger partial charge in [-0.2, -0.15) is 0 Å². The Morgan fingerprint density at radius 3 is 2.28 bits per heavy atom. The van der Waals surface area contributed by atoms with Gasteiger partial charge in [-0.05, 0) is 97.6 Å². The number of esters is 1. The summed E-state index contributed by atoms with van der Waals surface area (Å²) in [5.41, 5.74) is 1.21. The Balaban J connectivity index is 1.80. The SMILES string of the molecule is C=CCCCCOc1cc(C(=O)OC)ccc1[C@@H]1CN(C(=O)OC(C)(C)C)CC[C@H]1Oc1c(OC)cc(C)c2c1ccn2C(=O)OC(C)(C)C. The second-order valence-corrected chi connectivity index (χ2v) is 14.5. The van der Waals surface area contributed by atoms with Gasteiger partial charge in [0.1, 0.15) is 23.1 Å². The van der Waals surface area contributed by atoms with E-state index in [1.54, 1.807) is 30.3 Å². The Hall–Kier alpha value is -4.67. The molecule has 0 aliphatic carbocycles. The lowest BCUT2D eigenvalue weighted by atomic mass is 9.86. The maximum Gasteiger partial charge on any atom is 0.419 e. The molecule has 0 unspecified atom stereocenters. The number of carbonyl (C=O) groups excluding carboxylic acids is 3. The van der Waals surface area contributed by atoms with E-state index in [0.29, 0.717) is 53.3 Å². The zero-order chi connectivity index (χ0) is 36.8. The minimum absolute atomic E-state index is 0.264. The molecule has 11 heteroatoms. The van der Waals surface area contributed by atoms with E-state index in [4.69, 9.17) is 28.4 Å². The molecule has 3 aromatic rings. The number of likely N-dealkylation sites (tertiary alicyclic amines) is 1. The number of nitrogens with zero attached hydrogens (tertiary/aromatic N) is 2. The minimum Gasteiger partial charge on any atom is -0.493 e. The normalized spacial score (nSPS) is 16.5. The average Bonchev–Trinajstić information content (AvgIpc) is 3.50. The average molecular weight is 693 g/mol. The quantitative estimate of drug-likeness (QED) is 0.0845. The highest BCUT2D eigenvalue weighted by atomic mass is 16.6. The van der Waals surface area contributed by atoms with E-state index < -0.39 is 41.4 Å². The van der Waals surface area contributed by atoms with Gasteiger partial charge in [-0.25, -0.2) is 14.4 Å². The van der Waals surface area contributed by atoms with Crippen LogP contribution in [0.15, 0.2) is 49.2 Å². The van der Waals surface area contributed by atoms with Crippen molar-refractivity contribution in [2.75, 3.05) is 33.9 Å². The number of hydrogen-bond acceptors (Lipinski definition) is 9. The zero-order valence-corrected chi connectivity index (χ0v) is 30.9. The molecule has 11 nitrogen and oxygen atoms in total. The van der Waals surface area contributed by atoms with Gasteiger partial charge in [0.25, 0.3) is 0 Å². The Labute approximate surface area is 295 Å². The molecule has 0 spiro atoms. The fourth-order valence-electron chi connectivity index (χ4n) is 6.01. The monoisotopic (exact) mass is 692 g/mol. The number of carbonyl (C=O) groups is 3. The van der Waals surface area contributed by atoms with Gasteiger partial charge in [0.05, 0.1) is 31.9 Å². The number of rotatable bonds is 11. The van der Waals surface area contributed by atoms with Gasteiger partial charge in [0.15, 0.2) is 11.5 Å². The molecule has 0 radical (unpaired) electrons. The molecule has 1 saturated heterocycles. The standard InChI is InChI=1S/C39H52N2O9/c1-11-12-13-14-21-47-31-23-26(35(42)46-10)15-16-27(31)29-24-40(36(43)49-38(3,4)5)19-18-30(29)48-34-28-17-20-41(37(44)50-39(6,7)8)33(28)25(2)22-32(34)45-9/h11,15-17,20,22-23,29-30H,1,12-14,18-19,21,24H2,2-10H3/t29-,30+/m0/s1. The molecule has 0 N–H and O–H groups in total. The van der Waals surface area contributed by atoms with Crippen LogP contribution < -0.4 is 14.2 Å². The molecule has 50 heavy (non-hydrogen) atoms. The summed E-state index contributed by atoms with van der Waals surface area (Å²) in [6, 6.07) is 8.88. The van der Waals surface area contributed by atoms with Gasteiger partial charge in [-0.1, -0.05) is 12.1 Å². The van der Waals surface area contributed by atoms with Crippen molar-refractivity contribution in [2.45, 2.75) is 97.4 Å². The number of hydrogen-bond donors (Lipinski definition) is 0. The van der Waals surface area contributed by atoms with Gasteiger partial charge in [-0.15, -0.1) is 6.58 Å². The Bertz CT molecular complexity index is 1700. The maximum absolute atomic E-state index is 13.4. The van der Waals surface area contributed by atoms with E-state index in [1.165, 1.54) is 11.7 Å². The molecule has 1 fully saturated rings. The van der Waals surface area contributed by atoms with Crippen molar-refractivity contribution >= 4 is 29.1 Å². The Morgan fingerprint density at radius 2 is 1.64 bits per heavy atom. The molecule has 2 heterocycles. The van der Waals surface area contributed by atoms with E-state index in [0.717, 1.165) is 30.4 Å².